The summed E-state index contributed by atoms with van der Waals surface area (Å²) in [6, 6.07) is 7.24. The third-order valence-corrected chi connectivity index (χ3v) is 8.35. The van der Waals surface area contributed by atoms with E-state index in [-0.39, 0.29) is 30.0 Å². The number of benzene rings is 1. The van der Waals surface area contributed by atoms with E-state index in [1.165, 1.54) is 24.3 Å². The lowest BCUT2D eigenvalue weighted by Crippen LogP contribution is -2.55. The number of carbonyl (C=O) groups is 1. The van der Waals surface area contributed by atoms with Crippen molar-refractivity contribution in [3.63, 3.8) is 0 Å². The molecule has 1 N–H and O–H groups in total. The van der Waals surface area contributed by atoms with Crippen LogP contribution >= 0.6 is 0 Å². The van der Waals surface area contributed by atoms with Gasteiger partial charge in [0.05, 0.1) is 16.7 Å². The van der Waals surface area contributed by atoms with Gasteiger partial charge in [0.25, 0.3) is 0 Å². The summed E-state index contributed by atoms with van der Waals surface area (Å²) < 4.78 is 85.2. The molecule has 0 radical (unpaired) electrons. The Balaban J connectivity index is 1.87. The Kier molecular flexibility index (Phi) is 7.20. The van der Waals surface area contributed by atoms with Gasteiger partial charge in [0.15, 0.2) is 14.6 Å². The number of rotatable bonds is 7. The predicted molar refractivity (Wildman–Crippen MR) is 117 cm³/mol. The minimum Gasteiger partial charge on any atom is -0.480 e. The highest BCUT2D eigenvalue weighted by atomic mass is 32.2. The van der Waals surface area contributed by atoms with Crippen molar-refractivity contribution < 1.29 is 45.4 Å². The second kappa shape index (κ2) is 9.38. The van der Waals surface area contributed by atoms with E-state index in [9.17, 15) is 35.9 Å². The van der Waals surface area contributed by atoms with Crippen LogP contribution in [0.4, 0.5) is 17.6 Å². The third kappa shape index (κ3) is 5.27. The second-order valence-electron chi connectivity index (χ2n) is 9.35. The zero-order chi connectivity index (χ0) is 26.2. The van der Waals surface area contributed by atoms with Gasteiger partial charge < -0.3 is 14.6 Å². The third-order valence-electron chi connectivity index (χ3n) is 5.91. The molecule has 1 aromatic heterocycles. The van der Waals surface area contributed by atoms with Crippen molar-refractivity contribution in [3.8, 4) is 17.0 Å². The highest BCUT2D eigenvalue weighted by Crippen LogP contribution is 2.42. The standard InChI is InChI=1S/C23H25F4NO6S/c1-21(2,3)18-12-22(20(29)30,10-11-33-18)35(31,32)16-8-9-17(28-13-16)14-4-6-15(7-5-14)34-23(26,27)19(24)25/h4-9,13,18-19H,10-12H2,1-3H3,(H,29,30). The average molecular weight is 520 g/mol. The predicted octanol–water partition coefficient (Wildman–Crippen LogP) is 4.81. The molecule has 35 heavy (non-hydrogen) atoms. The van der Waals surface area contributed by atoms with Crippen LogP contribution in [0.3, 0.4) is 0 Å². The number of halogens is 4. The van der Waals surface area contributed by atoms with Crippen LogP contribution in [0.2, 0.25) is 0 Å². The summed E-state index contributed by atoms with van der Waals surface area (Å²) in [7, 11) is -4.37. The van der Waals surface area contributed by atoms with Gasteiger partial charge in [-0.1, -0.05) is 20.8 Å². The van der Waals surface area contributed by atoms with Crippen molar-refractivity contribution in [3.05, 3.63) is 42.6 Å². The summed E-state index contributed by atoms with van der Waals surface area (Å²) in [5.41, 5.74) is 0.141. The molecule has 2 heterocycles. The summed E-state index contributed by atoms with van der Waals surface area (Å²) >= 11 is 0. The average Bonchev–Trinajstić information content (AvgIpc) is 2.78. The molecule has 2 atom stereocenters. The molecule has 2 unspecified atom stereocenters. The monoisotopic (exact) mass is 519 g/mol. The lowest BCUT2D eigenvalue weighted by atomic mass is 9.80. The number of alkyl halides is 4. The quantitative estimate of drug-likeness (QED) is 0.524. The number of nitrogens with zero attached hydrogens (tertiary/aromatic N) is 1. The fourth-order valence-corrected chi connectivity index (χ4v) is 5.61. The molecule has 1 aromatic carbocycles. The summed E-state index contributed by atoms with van der Waals surface area (Å²) in [6.07, 6.45) is -8.64. The molecule has 1 aliphatic rings. The molecule has 192 valence electrons. The summed E-state index contributed by atoms with van der Waals surface area (Å²) in [6.45, 7) is 5.48. The number of aliphatic carboxylic acids is 1. The SMILES string of the molecule is CC(C)(C)C1CC(C(=O)O)(S(=O)(=O)c2ccc(-c3ccc(OC(F)(F)C(F)F)cc3)nc2)CCO1. The first-order valence-corrected chi connectivity index (χ1v) is 12.1. The van der Waals surface area contributed by atoms with Crippen LogP contribution < -0.4 is 4.74 Å². The van der Waals surface area contributed by atoms with Crippen LogP contribution in [0.25, 0.3) is 11.3 Å². The van der Waals surface area contributed by atoms with Gasteiger partial charge in [-0.05, 0) is 41.8 Å². The van der Waals surface area contributed by atoms with E-state index in [1.54, 1.807) is 0 Å². The number of hydrogen-bond donors (Lipinski definition) is 1. The van der Waals surface area contributed by atoms with Gasteiger partial charge >= 0.3 is 18.5 Å². The molecule has 0 amide bonds. The van der Waals surface area contributed by atoms with Crippen LogP contribution in [-0.2, 0) is 19.4 Å². The molecular weight excluding hydrogens is 494 g/mol. The van der Waals surface area contributed by atoms with E-state index in [0.29, 0.717) is 5.56 Å². The zero-order valence-corrected chi connectivity index (χ0v) is 20.0. The van der Waals surface area contributed by atoms with Crippen molar-refractivity contribution in [2.45, 2.75) is 61.9 Å². The number of pyridine rings is 1. The molecule has 3 rings (SSSR count). The number of aromatic nitrogens is 1. The maximum Gasteiger partial charge on any atom is 0.461 e. The number of sulfone groups is 1. The molecule has 0 saturated carbocycles. The first-order valence-electron chi connectivity index (χ1n) is 10.6. The number of hydrogen-bond acceptors (Lipinski definition) is 6. The maximum atomic E-state index is 13.5. The van der Waals surface area contributed by atoms with Gasteiger partial charge in [-0.2, -0.15) is 17.6 Å². The van der Waals surface area contributed by atoms with Gasteiger partial charge in [0, 0.05) is 31.2 Å². The Bertz CT molecular complexity index is 1160. The van der Waals surface area contributed by atoms with Crippen molar-refractivity contribution in [1.82, 2.24) is 4.98 Å². The Labute approximate surface area is 200 Å². The molecule has 7 nitrogen and oxygen atoms in total. The minimum atomic E-state index is -4.65. The summed E-state index contributed by atoms with van der Waals surface area (Å²) in [5.74, 6) is -1.95. The zero-order valence-electron chi connectivity index (χ0n) is 19.2. The van der Waals surface area contributed by atoms with Crippen LogP contribution in [0.1, 0.15) is 33.6 Å². The first-order chi connectivity index (χ1) is 16.1. The van der Waals surface area contributed by atoms with E-state index < -0.39 is 50.4 Å². The normalized spacial score (nSPS) is 21.7. The molecule has 1 aliphatic heterocycles. The Morgan fingerprint density at radius 3 is 2.29 bits per heavy atom. The van der Waals surface area contributed by atoms with Crippen molar-refractivity contribution >= 4 is 15.8 Å². The number of carboxylic acids is 1. The second-order valence-corrected chi connectivity index (χ2v) is 11.6. The van der Waals surface area contributed by atoms with E-state index in [2.05, 4.69) is 9.72 Å². The van der Waals surface area contributed by atoms with Crippen molar-refractivity contribution in [2.24, 2.45) is 5.41 Å². The molecule has 0 aliphatic carbocycles. The van der Waals surface area contributed by atoms with Crippen LogP contribution in [0.15, 0.2) is 47.5 Å². The van der Waals surface area contributed by atoms with Gasteiger partial charge in [0.2, 0.25) is 0 Å². The lowest BCUT2D eigenvalue weighted by molar-refractivity contribution is -0.253. The van der Waals surface area contributed by atoms with Crippen molar-refractivity contribution in [1.29, 1.82) is 0 Å². The van der Waals surface area contributed by atoms with E-state index in [1.807, 2.05) is 20.8 Å². The number of carboxylic acid groups (broad SMARTS) is 1. The topological polar surface area (TPSA) is 103 Å². The molecule has 12 heteroatoms. The van der Waals surface area contributed by atoms with Crippen LogP contribution in [0, 0.1) is 5.41 Å². The van der Waals surface area contributed by atoms with Gasteiger partial charge in [-0.25, -0.2) is 8.42 Å². The smallest absolute Gasteiger partial charge is 0.461 e. The van der Waals surface area contributed by atoms with E-state index >= 15 is 0 Å². The molecule has 1 saturated heterocycles. The fraction of sp³-hybridized carbons (Fsp3) is 0.478. The first kappa shape index (κ1) is 26.9. The highest BCUT2D eigenvalue weighted by Gasteiger charge is 2.56. The molecule has 0 bridgehead atoms. The summed E-state index contributed by atoms with van der Waals surface area (Å²) in [4.78, 5) is 16.1. The van der Waals surface area contributed by atoms with Crippen molar-refractivity contribution in [2.75, 3.05) is 6.61 Å². The largest absolute Gasteiger partial charge is 0.480 e. The van der Waals surface area contributed by atoms with Gasteiger partial charge in [0.1, 0.15) is 5.75 Å². The molecular formula is C23H25F4NO6S. The Morgan fingerprint density at radius 1 is 1.17 bits per heavy atom. The van der Waals surface area contributed by atoms with Gasteiger partial charge in [-0.3, -0.25) is 9.78 Å². The Morgan fingerprint density at radius 2 is 1.80 bits per heavy atom. The summed E-state index contributed by atoms with van der Waals surface area (Å²) in [5, 5.41) is 9.98. The molecule has 1 fully saturated rings. The maximum absolute atomic E-state index is 13.5. The number of ether oxygens (including phenoxy) is 2. The Hall–Kier alpha value is -2.73. The highest BCUT2D eigenvalue weighted by molar-refractivity contribution is 7.93. The minimum absolute atomic E-state index is 0.0298. The van der Waals surface area contributed by atoms with E-state index in [4.69, 9.17) is 4.74 Å². The molecule has 0 spiro atoms. The van der Waals surface area contributed by atoms with Crippen LogP contribution in [0.5, 0.6) is 5.75 Å². The van der Waals surface area contributed by atoms with Gasteiger partial charge in [-0.15, -0.1) is 0 Å². The van der Waals surface area contributed by atoms with Crippen LogP contribution in [-0.4, -0.2) is 54.5 Å². The molecule has 2 aromatic rings. The van der Waals surface area contributed by atoms with E-state index in [0.717, 1.165) is 18.3 Å². The fourth-order valence-electron chi connectivity index (χ4n) is 3.77. The lowest BCUT2D eigenvalue weighted by Gasteiger charge is -2.42.